The molecule has 0 radical (unpaired) electrons. The van der Waals surface area contributed by atoms with Crippen LogP contribution in [0.1, 0.15) is 29.2 Å². The Balaban J connectivity index is 1.30. The summed E-state index contributed by atoms with van der Waals surface area (Å²) in [5.41, 5.74) is 20.6. The molecule has 5 aromatic rings. The van der Waals surface area contributed by atoms with Gasteiger partial charge in [0, 0.05) is 49.5 Å². The number of fused-ring (bicyclic) bond motifs is 1. The largest absolute Gasteiger partial charge is 0.497 e. The minimum Gasteiger partial charge on any atom is -0.497 e. The number of imidazole rings is 1. The zero-order chi connectivity index (χ0) is 34.3. The molecule has 2 heterocycles. The number of ether oxygens (including phenoxy) is 2. The lowest BCUT2D eigenvalue weighted by molar-refractivity contribution is -0.121. The van der Waals surface area contributed by atoms with Crippen LogP contribution in [0.5, 0.6) is 17.2 Å². The highest BCUT2D eigenvalue weighted by molar-refractivity contribution is 5.98. The number of carbonyl (C=O) groups is 2. The normalized spacial score (nSPS) is 13.6. The van der Waals surface area contributed by atoms with E-state index < -0.39 is 11.9 Å². The third-order valence-electron chi connectivity index (χ3n) is 8.58. The molecule has 1 aliphatic rings. The maximum Gasteiger partial charge on any atom is 0.254 e. The summed E-state index contributed by atoms with van der Waals surface area (Å²) in [6.45, 7) is 2.92. The summed E-state index contributed by atoms with van der Waals surface area (Å²) < 4.78 is 13.2. The van der Waals surface area contributed by atoms with E-state index in [4.69, 9.17) is 31.7 Å². The number of aliphatic imine (C=N–C) groups is 1. The Morgan fingerprint density at radius 3 is 2.27 bits per heavy atom. The number of para-hydroxylation sites is 1. The molecule has 1 saturated heterocycles. The fraction of sp³-hybridized carbons (Fsp3) is 0.243. The molecule has 1 atom stereocenters. The van der Waals surface area contributed by atoms with Crippen LogP contribution in [0.15, 0.2) is 102 Å². The molecule has 6 rings (SSSR count). The van der Waals surface area contributed by atoms with Crippen molar-refractivity contribution < 1.29 is 19.1 Å². The van der Waals surface area contributed by atoms with Crippen LogP contribution in [0.3, 0.4) is 0 Å². The second kappa shape index (κ2) is 14.8. The molecule has 1 aromatic heterocycles. The smallest absolute Gasteiger partial charge is 0.254 e. The second-order valence-corrected chi connectivity index (χ2v) is 11.8. The van der Waals surface area contributed by atoms with Crippen LogP contribution in [0.2, 0.25) is 0 Å². The molecule has 12 heteroatoms. The molecule has 4 aromatic carbocycles. The number of carbonyl (C=O) groups excluding carboxylic acids is 2. The standard InChI is InChI=1S/C37H40N8O4/c1-48-28-15-13-27(14-16-28)43-19-21-44(22-20-43)36(47)26-12-17-32-31(24-26)42-35(45(32)33(34(38)46)11-6-18-41-37(39)40)25-7-5-10-30(23-25)49-29-8-3-2-4-9-29/h2-5,7-10,12-17,23-24,33H,6,11,18-22H2,1H3,(H2,38,46)(H4,39,40,41)/t33-/m1/s1. The number of hydrogen-bond acceptors (Lipinski definition) is 7. The number of nitrogens with two attached hydrogens (primary N) is 3. The van der Waals surface area contributed by atoms with E-state index in [1.165, 1.54) is 0 Å². The van der Waals surface area contributed by atoms with E-state index in [0.29, 0.717) is 79.5 Å². The minimum absolute atomic E-state index is 0.0148. The Bertz CT molecular complexity index is 1950. The van der Waals surface area contributed by atoms with Crippen molar-refractivity contribution in [3.05, 3.63) is 103 Å². The van der Waals surface area contributed by atoms with Crippen LogP contribution in [0.25, 0.3) is 22.4 Å². The van der Waals surface area contributed by atoms with Gasteiger partial charge in [0.25, 0.3) is 5.91 Å². The average Bonchev–Trinajstić information content (AvgIpc) is 3.50. The number of amides is 2. The van der Waals surface area contributed by atoms with Gasteiger partial charge in [0.05, 0.1) is 18.1 Å². The van der Waals surface area contributed by atoms with Gasteiger partial charge >= 0.3 is 0 Å². The lowest BCUT2D eigenvalue weighted by atomic mass is 10.1. The molecule has 2 amide bonds. The van der Waals surface area contributed by atoms with Gasteiger partial charge in [-0.15, -0.1) is 0 Å². The van der Waals surface area contributed by atoms with Crippen LogP contribution >= 0.6 is 0 Å². The van der Waals surface area contributed by atoms with E-state index in [2.05, 4.69) is 9.89 Å². The van der Waals surface area contributed by atoms with E-state index in [9.17, 15) is 9.59 Å². The highest BCUT2D eigenvalue weighted by atomic mass is 16.5. The first kappa shape index (κ1) is 32.9. The molecule has 0 saturated carbocycles. The fourth-order valence-corrected chi connectivity index (χ4v) is 6.11. The predicted molar refractivity (Wildman–Crippen MR) is 191 cm³/mol. The zero-order valence-electron chi connectivity index (χ0n) is 27.4. The molecule has 12 nitrogen and oxygen atoms in total. The number of primary amides is 1. The highest BCUT2D eigenvalue weighted by Crippen LogP contribution is 2.34. The van der Waals surface area contributed by atoms with Crippen LogP contribution < -0.4 is 31.6 Å². The molecule has 0 bridgehead atoms. The SMILES string of the molecule is COc1ccc(N2CCN(C(=O)c3ccc4c(c3)nc(-c3cccc(Oc5ccccc5)c3)n4[C@H](CCCN=C(N)N)C(N)=O)CC2)cc1. The van der Waals surface area contributed by atoms with Gasteiger partial charge in [-0.05, 0) is 79.6 Å². The molecular formula is C37H40N8O4. The molecule has 1 fully saturated rings. The molecule has 6 N–H and O–H groups in total. The maximum absolute atomic E-state index is 13.8. The van der Waals surface area contributed by atoms with Crippen LogP contribution in [0, 0.1) is 0 Å². The second-order valence-electron chi connectivity index (χ2n) is 11.8. The first-order valence-corrected chi connectivity index (χ1v) is 16.2. The van der Waals surface area contributed by atoms with Crippen LogP contribution in [-0.2, 0) is 4.79 Å². The Kier molecular flexibility index (Phi) is 9.93. The molecule has 49 heavy (non-hydrogen) atoms. The third-order valence-corrected chi connectivity index (χ3v) is 8.58. The van der Waals surface area contributed by atoms with Crippen molar-refractivity contribution in [2.75, 3.05) is 44.7 Å². The highest BCUT2D eigenvalue weighted by Gasteiger charge is 2.27. The van der Waals surface area contributed by atoms with Gasteiger partial charge in [-0.2, -0.15) is 0 Å². The van der Waals surface area contributed by atoms with Gasteiger partial charge in [-0.1, -0.05) is 30.3 Å². The Morgan fingerprint density at radius 1 is 0.837 bits per heavy atom. The van der Waals surface area contributed by atoms with Gasteiger partial charge in [-0.3, -0.25) is 14.6 Å². The van der Waals surface area contributed by atoms with Crippen LogP contribution in [-0.4, -0.2) is 72.1 Å². The summed E-state index contributed by atoms with van der Waals surface area (Å²) in [5.74, 6) is 2.02. The predicted octanol–water partition coefficient (Wildman–Crippen LogP) is 4.55. The lowest BCUT2D eigenvalue weighted by Crippen LogP contribution is -2.48. The molecule has 1 aliphatic heterocycles. The van der Waals surface area contributed by atoms with Crippen molar-refractivity contribution in [3.8, 4) is 28.6 Å². The average molecular weight is 661 g/mol. The van der Waals surface area contributed by atoms with E-state index in [1.54, 1.807) is 19.2 Å². The van der Waals surface area contributed by atoms with E-state index in [-0.39, 0.29) is 11.9 Å². The quantitative estimate of drug-likeness (QED) is 0.0996. The van der Waals surface area contributed by atoms with E-state index in [0.717, 1.165) is 17.0 Å². The van der Waals surface area contributed by atoms with Crippen molar-refractivity contribution >= 4 is 34.5 Å². The van der Waals surface area contributed by atoms with Crippen molar-refractivity contribution in [1.82, 2.24) is 14.5 Å². The number of piperazine rings is 1. The number of benzene rings is 4. The lowest BCUT2D eigenvalue weighted by Gasteiger charge is -2.36. The van der Waals surface area contributed by atoms with E-state index >= 15 is 0 Å². The van der Waals surface area contributed by atoms with E-state index in [1.807, 2.05) is 94.4 Å². The van der Waals surface area contributed by atoms with Crippen molar-refractivity contribution in [1.29, 1.82) is 0 Å². The maximum atomic E-state index is 13.8. The van der Waals surface area contributed by atoms with Gasteiger partial charge in [0.2, 0.25) is 5.91 Å². The number of nitrogens with zero attached hydrogens (tertiary/aromatic N) is 5. The Morgan fingerprint density at radius 2 is 1.57 bits per heavy atom. The Labute approximate surface area is 284 Å². The number of aromatic nitrogens is 2. The number of anilines is 1. The number of guanidine groups is 1. The zero-order valence-corrected chi connectivity index (χ0v) is 27.4. The summed E-state index contributed by atoms with van der Waals surface area (Å²) in [6.07, 6.45) is 0.894. The molecule has 0 spiro atoms. The first-order chi connectivity index (χ1) is 23.8. The van der Waals surface area contributed by atoms with Gasteiger partial charge in [0.15, 0.2) is 5.96 Å². The molecular weight excluding hydrogens is 620 g/mol. The van der Waals surface area contributed by atoms with Crippen molar-refractivity contribution in [2.24, 2.45) is 22.2 Å². The summed E-state index contributed by atoms with van der Waals surface area (Å²) >= 11 is 0. The summed E-state index contributed by atoms with van der Waals surface area (Å²) in [7, 11) is 1.65. The summed E-state index contributed by atoms with van der Waals surface area (Å²) in [5, 5.41) is 0. The van der Waals surface area contributed by atoms with Gasteiger partial charge in [-0.25, -0.2) is 4.98 Å². The number of methoxy groups -OCH3 is 1. The number of rotatable bonds is 12. The summed E-state index contributed by atoms with van der Waals surface area (Å²) in [4.78, 5) is 39.9. The third kappa shape index (κ3) is 7.59. The van der Waals surface area contributed by atoms with Crippen LogP contribution in [0.4, 0.5) is 5.69 Å². The molecule has 0 unspecified atom stereocenters. The molecule has 252 valence electrons. The number of hydrogen-bond donors (Lipinski definition) is 3. The monoisotopic (exact) mass is 660 g/mol. The topological polar surface area (TPSA) is 167 Å². The van der Waals surface area contributed by atoms with Crippen molar-refractivity contribution in [2.45, 2.75) is 18.9 Å². The van der Waals surface area contributed by atoms with Gasteiger partial charge < -0.3 is 41.0 Å². The fourth-order valence-electron chi connectivity index (χ4n) is 6.11. The van der Waals surface area contributed by atoms with Gasteiger partial charge in [0.1, 0.15) is 29.1 Å². The molecule has 0 aliphatic carbocycles. The Hall–Kier alpha value is -6.04. The minimum atomic E-state index is -0.750. The first-order valence-electron chi connectivity index (χ1n) is 16.2. The summed E-state index contributed by atoms with van der Waals surface area (Å²) in [6, 6.07) is 29.6. The van der Waals surface area contributed by atoms with Crippen molar-refractivity contribution in [3.63, 3.8) is 0 Å².